The molecule has 28 heavy (non-hydrogen) atoms. The van der Waals surface area contributed by atoms with E-state index in [2.05, 4.69) is 59.6 Å². The summed E-state index contributed by atoms with van der Waals surface area (Å²) >= 11 is 0. The second kappa shape index (κ2) is 8.55. The highest BCUT2D eigenvalue weighted by atomic mass is 16.5. The van der Waals surface area contributed by atoms with Crippen LogP contribution in [0.2, 0.25) is 0 Å². The van der Waals surface area contributed by atoms with E-state index in [4.69, 9.17) is 4.74 Å². The molecule has 1 heterocycles. The number of carbonyl (C=O) groups excluding carboxylic acids is 1. The molecule has 0 spiro atoms. The van der Waals surface area contributed by atoms with Gasteiger partial charge in [-0.25, -0.2) is 0 Å². The van der Waals surface area contributed by atoms with Gasteiger partial charge in [-0.15, -0.1) is 0 Å². The minimum atomic E-state index is -0.200. The summed E-state index contributed by atoms with van der Waals surface area (Å²) in [5.74, 6) is 0.403. The predicted octanol–water partition coefficient (Wildman–Crippen LogP) is 4.17. The Kier molecular flexibility index (Phi) is 5.70. The van der Waals surface area contributed by atoms with Crippen LogP contribution >= 0.6 is 0 Å². The molecule has 0 saturated carbocycles. The molecule has 0 radical (unpaired) electrons. The zero-order valence-corrected chi connectivity index (χ0v) is 16.2. The summed E-state index contributed by atoms with van der Waals surface area (Å²) in [6.45, 7) is 4.31. The Morgan fingerprint density at radius 2 is 1.82 bits per heavy atom. The summed E-state index contributed by atoms with van der Waals surface area (Å²) in [6, 6.07) is 24.9. The third-order valence-electron chi connectivity index (χ3n) is 5.38. The van der Waals surface area contributed by atoms with Crippen LogP contribution in [0.3, 0.4) is 0 Å². The molecule has 4 heteroatoms. The molecule has 144 valence electrons. The number of hydrogen-bond acceptors (Lipinski definition) is 4. The molecule has 1 aliphatic heterocycles. The van der Waals surface area contributed by atoms with Crippen LogP contribution in [0.1, 0.15) is 24.9 Å². The third-order valence-corrected chi connectivity index (χ3v) is 5.38. The van der Waals surface area contributed by atoms with Crippen molar-refractivity contribution in [1.82, 2.24) is 10.2 Å². The first-order valence-electron chi connectivity index (χ1n) is 9.91. The van der Waals surface area contributed by atoms with Gasteiger partial charge in [0.15, 0.2) is 0 Å². The number of hydrogen-bond donors (Lipinski definition) is 1. The first-order valence-corrected chi connectivity index (χ1v) is 9.91. The van der Waals surface area contributed by atoms with Crippen molar-refractivity contribution >= 4 is 16.7 Å². The van der Waals surface area contributed by atoms with Gasteiger partial charge in [-0.05, 0) is 41.8 Å². The van der Waals surface area contributed by atoms with Gasteiger partial charge in [-0.2, -0.15) is 0 Å². The summed E-state index contributed by atoms with van der Waals surface area (Å²) in [5.41, 5.74) is 1.32. The maximum atomic E-state index is 12.2. The quantitative estimate of drug-likeness (QED) is 0.519. The van der Waals surface area contributed by atoms with E-state index in [1.54, 1.807) is 12.1 Å². The lowest BCUT2D eigenvalue weighted by Crippen LogP contribution is -2.36. The van der Waals surface area contributed by atoms with Crippen molar-refractivity contribution in [3.05, 3.63) is 78.4 Å². The monoisotopic (exact) mass is 374 g/mol. The molecule has 3 aromatic carbocycles. The number of esters is 1. The Balaban J connectivity index is 1.32. The van der Waals surface area contributed by atoms with E-state index < -0.39 is 0 Å². The molecular weight excluding hydrogens is 348 g/mol. The Morgan fingerprint density at radius 3 is 2.68 bits per heavy atom. The molecule has 1 fully saturated rings. The van der Waals surface area contributed by atoms with Gasteiger partial charge in [0.1, 0.15) is 5.75 Å². The summed E-state index contributed by atoms with van der Waals surface area (Å²) in [6.07, 6.45) is 1.04. The molecule has 0 aliphatic carbocycles. The van der Waals surface area contributed by atoms with E-state index in [-0.39, 0.29) is 12.0 Å². The number of carbonyl (C=O) groups is 1. The van der Waals surface area contributed by atoms with Gasteiger partial charge in [0, 0.05) is 25.2 Å². The van der Waals surface area contributed by atoms with Crippen LogP contribution in [0.5, 0.6) is 5.75 Å². The minimum Gasteiger partial charge on any atom is -0.426 e. The molecule has 2 atom stereocenters. The zero-order valence-electron chi connectivity index (χ0n) is 16.2. The molecule has 0 amide bonds. The van der Waals surface area contributed by atoms with Gasteiger partial charge in [-0.1, -0.05) is 60.7 Å². The number of nitrogens with zero attached hydrogens (tertiary/aromatic N) is 1. The fourth-order valence-electron chi connectivity index (χ4n) is 4.02. The van der Waals surface area contributed by atoms with E-state index >= 15 is 0 Å². The maximum Gasteiger partial charge on any atom is 0.325 e. The fraction of sp³-hybridized carbons (Fsp3) is 0.292. The number of likely N-dealkylation sites (tertiary alicyclic amines) is 1. The third kappa shape index (κ3) is 4.41. The van der Waals surface area contributed by atoms with Crippen molar-refractivity contribution in [1.29, 1.82) is 0 Å². The van der Waals surface area contributed by atoms with Gasteiger partial charge in [0.05, 0.1) is 6.54 Å². The van der Waals surface area contributed by atoms with Gasteiger partial charge < -0.3 is 10.1 Å². The standard InChI is InChI=1S/C24H26N2O2/c1-18(22-13-7-9-19-8-5-6-12-23(19)22)25-20-14-15-26(16-20)17-24(27)28-21-10-3-2-4-11-21/h2-13,18,20,25H,14-17H2,1H3/t18-,20+/m1/s1. The van der Waals surface area contributed by atoms with Gasteiger partial charge in [-0.3, -0.25) is 9.69 Å². The normalized spacial score (nSPS) is 18.2. The lowest BCUT2D eigenvalue weighted by molar-refractivity contribution is -0.135. The SMILES string of the molecule is C[C@@H](N[C@H]1CCN(CC(=O)Oc2ccccc2)C1)c1cccc2ccccc12. The Labute approximate surface area is 166 Å². The van der Waals surface area contributed by atoms with Crippen molar-refractivity contribution in [2.45, 2.75) is 25.4 Å². The number of para-hydroxylation sites is 1. The highest BCUT2D eigenvalue weighted by molar-refractivity contribution is 5.86. The molecule has 1 saturated heterocycles. The zero-order chi connectivity index (χ0) is 19.3. The van der Waals surface area contributed by atoms with Crippen molar-refractivity contribution in [2.75, 3.05) is 19.6 Å². The second-order valence-corrected chi connectivity index (χ2v) is 7.46. The van der Waals surface area contributed by atoms with Crippen LogP contribution in [0.25, 0.3) is 10.8 Å². The van der Waals surface area contributed by atoms with Crippen molar-refractivity contribution < 1.29 is 9.53 Å². The van der Waals surface area contributed by atoms with Crippen LogP contribution in [0.15, 0.2) is 72.8 Å². The molecular formula is C24H26N2O2. The van der Waals surface area contributed by atoms with E-state index in [0.717, 1.165) is 19.5 Å². The van der Waals surface area contributed by atoms with Crippen molar-refractivity contribution in [3.63, 3.8) is 0 Å². The second-order valence-electron chi connectivity index (χ2n) is 7.46. The van der Waals surface area contributed by atoms with Crippen LogP contribution < -0.4 is 10.1 Å². The Morgan fingerprint density at radius 1 is 1.07 bits per heavy atom. The number of benzene rings is 3. The van der Waals surface area contributed by atoms with Crippen LogP contribution in [-0.2, 0) is 4.79 Å². The fourth-order valence-corrected chi connectivity index (χ4v) is 4.02. The van der Waals surface area contributed by atoms with E-state index in [1.165, 1.54) is 16.3 Å². The summed E-state index contributed by atoms with van der Waals surface area (Å²) in [5, 5.41) is 6.31. The molecule has 0 aromatic heterocycles. The average molecular weight is 374 g/mol. The summed E-state index contributed by atoms with van der Waals surface area (Å²) in [4.78, 5) is 14.3. The lowest BCUT2D eigenvalue weighted by atomic mass is 9.99. The molecule has 4 nitrogen and oxygen atoms in total. The molecule has 0 bridgehead atoms. The molecule has 0 unspecified atom stereocenters. The average Bonchev–Trinajstić information content (AvgIpc) is 3.14. The van der Waals surface area contributed by atoms with Crippen LogP contribution in [0, 0.1) is 0 Å². The highest BCUT2D eigenvalue weighted by Crippen LogP contribution is 2.25. The van der Waals surface area contributed by atoms with Gasteiger partial charge in [0.2, 0.25) is 0 Å². The number of ether oxygens (including phenoxy) is 1. The minimum absolute atomic E-state index is 0.200. The number of rotatable bonds is 6. The topological polar surface area (TPSA) is 41.6 Å². The Bertz CT molecular complexity index is 936. The van der Waals surface area contributed by atoms with Gasteiger partial charge >= 0.3 is 5.97 Å². The maximum absolute atomic E-state index is 12.2. The van der Waals surface area contributed by atoms with E-state index in [0.29, 0.717) is 18.3 Å². The van der Waals surface area contributed by atoms with E-state index in [1.807, 2.05) is 18.2 Å². The van der Waals surface area contributed by atoms with Crippen molar-refractivity contribution in [3.8, 4) is 5.75 Å². The smallest absolute Gasteiger partial charge is 0.325 e. The number of fused-ring (bicyclic) bond motifs is 1. The van der Waals surface area contributed by atoms with Crippen LogP contribution in [0.4, 0.5) is 0 Å². The molecule has 1 N–H and O–H groups in total. The molecule has 1 aliphatic rings. The van der Waals surface area contributed by atoms with Crippen molar-refractivity contribution in [2.24, 2.45) is 0 Å². The number of nitrogens with one attached hydrogen (secondary N) is 1. The van der Waals surface area contributed by atoms with Gasteiger partial charge in [0.25, 0.3) is 0 Å². The first kappa shape index (κ1) is 18.7. The summed E-state index contributed by atoms with van der Waals surface area (Å²) < 4.78 is 5.41. The van der Waals surface area contributed by atoms with E-state index in [9.17, 15) is 4.79 Å². The first-order chi connectivity index (χ1) is 13.7. The summed E-state index contributed by atoms with van der Waals surface area (Å²) in [7, 11) is 0. The Hall–Kier alpha value is -2.69. The predicted molar refractivity (Wildman–Crippen MR) is 112 cm³/mol. The largest absolute Gasteiger partial charge is 0.426 e. The molecule has 3 aromatic rings. The van der Waals surface area contributed by atoms with Crippen LogP contribution in [-0.4, -0.2) is 36.5 Å². The lowest BCUT2D eigenvalue weighted by Gasteiger charge is -2.22. The molecule has 4 rings (SSSR count). The highest BCUT2D eigenvalue weighted by Gasteiger charge is 2.26.